The molecule has 1 atom stereocenters. The molecule has 0 aliphatic carbocycles. The molecule has 26 heavy (non-hydrogen) atoms. The molecule has 3 rings (SSSR count). The van der Waals surface area contributed by atoms with E-state index in [2.05, 4.69) is 15.0 Å². The fourth-order valence-corrected chi connectivity index (χ4v) is 4.57. The van der Waals surface area contributed by atoms with Gasteiger partial charge >= 0.3 is 0 Å². The largest absolute Gasteiger partial charge is 0.497 e. The monoisotopic (exact) mass is 413 g/mol. The minimum absolute atomic E-state index is 0. The molecule has 0 fully saturated rings. The van der Waals surface area contributed by atoms with Gasteiger partial charge < -0.3 is 14.5 Å². The van der Waals surface area contributed by atoms with Gasteiger partial charge in [0.05, 0.1) is 45.2 Å². The highest BCUT2D eigenvalue weighted by Crippen LogP contribution is 2.27. The molecule has 6 nitrogen and oxygen atoms in total. The number of aryl methyl sites for hydroxylation is 1. The van der Waals surface area contributed by atoms with Gasteiger partial charge in [0, 0.05) is 23.4 Å². The molecule has 1 aromatic carbocycles. The predicted octanol–water partition coefficient (Wildman–Crippen LogP) is 3.32. The van der Waals surface area contributed by atoms with Crippen LogP contribution in [0.3, 0.4) is 0 Å². The number of fused-ring (bicyclic) bond motifs is 1. The second-order valence-corrected chi connectivity index (χ2v) is 9.25. The van der Waals surface area contributed by atoms with E-state index in [-0.39, 0.29) is 23.3 Å². The van der Waals surface area contributed by atoms with E-state index in [1.54, 1.807) is 38.6 Å². The number of aromatic nitrogens is 3. The number of rotatable bonds is 5. The molecule has 1 N–H and O–H groups in total. The first-order chi connectivity index (χ1) is 11.9. The Hall–Kier alpha value is -1.90. The minimum atomic E-state index is -2.85. The van der Waals surface area contributed by atoms with Crippen LogP contribution in [0.4, 0.5) is 0 Å². The molecule has 0 saturated carbocycles. The Bertz CT molecular complexity index is 1050. The van der Waals surface area contributed by atoms with Crippen LogP contribution in [0.5, 0.6) is 11.5 Å². The Labute approximate surface area is 163 Å². The number of halogens is 1. The highest BCUT2D eigenvalue weighted by atomic mass is 35.5. The van der Waals surface area contributed by atoms with Crippen LogP contribution in [-0.4, -0.2) is 33.4 Å². The smallest absolute Gasteiger partial charge is 0.199 e. The van der Waals surface area contributed by atoms with Crippen molar-refractivity contribution in [1.29, 1.82) is 0 Å². The maximum atomic E-state index is 13.1. The topological polar surface area (TPSA) is 77.1 Å². The molecular weight excluding hydrogens is 394 g/mol. The van der Waals surface area contributed by atoms with E-state index in [4.69, 9.17) is 20.7 Å². The van der Waals surface area contributed by atoms with Crippen molar-refractivity contribution in [3.8, 4) is 11.5 Å². The van der Waals surface area contributed by atoms with Crippen LogP contribution in [0.15, 0.2) is 29.6 Å². The van der Waals surface area contributed by atoms with Crippen LogP contribution in [-0.2, 0) is 25.4 Å². The first kappa shape index (κ1) is 20.4. The van der Waals surface area contributed by atoms with Gasteiger partial charge in [-0.25, -0.2) is 9.19 Å². The van der Waals surface area contributed by atoms with Gasteiger partial charge in [0.25, 0.3) is 0 Å². The van der Waals surface area contributed by atoms with Crippen LogP contribution < -0.4 is 9.47 Å². The number of imidazole rings is 1. The Morgan fingerprint density at radius 1 is 1.23 bits per heavy atom. The number of pyridine rings is 1. The Morgan fingerprint density at radius 2 is 1.96 bits per heavy atom. The number of hydrogen-bond donors (Lipinski definition) is 1. The quantitative estimate of drug-likeness (QED) is 0.691. The van der Waals surface area contributed by atoms with Crippen LogP contribution >= 0.6 is 12.4 Å². The SMILES string of the molecule is COc1ccc2nc(S(=O)(=S)Cc3ncc(C)c(OC)c3C)[nH]c2c1.Cl. The van der Waals surface area contributed by atoms with Crippen molar-refractivity contribution in [3.63, 3.8) is 0 Å². The zero-order valence-corrected chi connectivity index (χ0v) is 17.3. The summed E-state index contributed by atoms with van der Waals surface area (Å²) < 4.78 is 23.7. The van der Waals surface area contributed by atoms with Gasteiger partial charge in [0.15, 0.2) is 5.16 Å². The summed E-state index contributed by atoms with van der Waals surface area (Å²) in [7, 11) is 0.352. The van der Waals surface area contributed by atoms with Gasteiger partial charge in [-0.2, -0.15) is 0 Å². The van der Waals surface area contributed by atoms with E-state index in [0.29, 0.717) is 17.0 Å². The van der Waals surface area contributed by atoms with Gasteiger partial charge in [0.2, 0.25) is 0 Å². The van der Waals surface area contributed by atoms with Crippen LogP contribution in [0.1, 0.15) is 16.8 Å². The Morgan fingerprint density at radius 3 is 2.62 bits per heavy atom. The Kier molecular flexibility index (Phi) is 6.10. The normalized spacial score (nSPS) is 13.1. The zero-order chi connectivity index (χ0) is 18.2. The third kappa shape index (κ3) is 3.77. The standard InChI is InChI=1S/C17H19N3O3S2.ClH/c1-10-8-18-15(11(2)16(10)23-4)9-25(21,24)17-19-13-6-5-12(22-3)7-14(13)20-17;/h5-8H,9H2,1-4H3,(H,19,20);1H. The van der Waals surface area contributed by atoms with Crippen molar-refractivity contribution < 1.29 is 13.7 Å². The predicted molar refractivity (Wildman–Crippen MR) is 108 cm³/mol. The number of benzene rings is 1. The second kappa shape index (κ2) is 7.77. The molecule has 2 aromatic heterocycles. The molecule has 0 aliphatic heterocycles. The molecule has 0 aliphatic rings. The molecule has 0 radical (unpaired) electrons. The van der Waals surface area contributed by atoms with E-state index in [9.17, 15) is 4.21 Å². The second-order valence-electron chi connectivity index (χ2n) is 5.73. The summed E-state index contributed by atoms with van der Waals surface area (Å²) in [5, 5.41) is 0.284. The summed E-state index contributed by atoms with van der Waals surface area (Å²) >= 11 is 5.39. The molecular formula is C17H20ClN3O3S2. The average Bonchev–Trinajstić information content (AvgIpc) is 3.02. The summed E-state index contributed by atoms with van der Waals surface area (Å²) in [6.45, 7) is 3.81. The average molecular weight is 414 g/mol. The maximum Gasteiger partial charge on any atom is 0.199 e. The molecule has 0 amide bonds. The lowest BCUT2D eigenvalue weighted by molar-refractivity contribution is 0.407. The highest BCUT2D eigenvalue weighted by molar-refractivity contribution is 8.32. The van der Waals surface area contributed by atoms with E-state index in [1.807, 2.05) is 13.8 Å². The summed E-state index contributed by atoms with van der Waals surface area (Å²) in [6.07, 6.45) is 1.70. The van der Waals surface area contributed by atoms with Crippen LogP contribution in [0.2, 0.25) is 0 Å². The first-order valence-corrected chi connectivity index (χ1v) is 10.3. The van der Waals surface area contributed by atoms with Crippen LogP contribution in [0.25, 0.3) is 11.0 Å². The van der Waals surface area contributed by atoms with Crippen molar-refractivity contribution >= 4 is 43.1 Å². The van der Waals surface area contributed by atoms with Crippen molar-refractivity contribution in [2.75, 3.05) is 14.2 Å². The summed E-state index contributed by atoms with van der Waals surface area (Å²) in [5.74, 6) is 1.55. The molecule has 9 heteroatoms. The fraction of sp³-hybridized carbons (Fsp3) is 0.294. The molecule has 140 valence electrons. The zero-order valence-electron chi connectivity index (χ0n) is 14.9. The Balaban J connectivity index is 0.00000243. The summed E-state index contributed by atoms with van der Waals surface area (Å²) in [4.78, 5) is 11.8. The molecule has 0 saturated heterocycles. The maximum absolute atomic E-state index is 13.1. The van der Waals surface area contributed by atoms with E-state index < -0.39 is 8.49 Å². The summed E-state index contributed by atoms with van der Waals surface area (Å²) in [6, 6.07) is 5.40. The van der Waals surface area contributed by atoms with Gasteiger partial charge in [-0.3, -0.25) is 4.98 Å². The lowest BCUT2D eigenvalue weighted by atomic mass is 10.1. The minimum Gasteiger partial charge on any atom is -0.497 e. The number of H-pyrrole nitrogens is 1. The molecule has 3 aromatic rings. The van der Waals surface area contributed by atoms with Crippen molar-refractivity contribution in [1.82, 2.24) is 15.0 Å². The van der Waals surface area contributed by atoms with Crippen molar-refractivity contribution in [2.24, 2.45) is 0 Å². The van der Waals surface area contributed by atoms with E-state index in [0.717, 1.165) is 22.4 Å². The lowest BCUT2D eigenvalue weighted by Crippen LogP contribution is -2.09. The van der Waals surface area contributed by atoms with Crippen molar-refractivity contribution in [2.45, 2.75) is 24.8 Å². The van der Waals surface area contributed by atoms with Crippen molar-refractivity contribution in [3.05, 3.63) is 41.2 Å². The number of nitrogens with one attached hydrogen (secondary N) is 1. The molecule has 0 spiro atoms. The van der Waals surface area contributed by atoms with Gasteiger partial charge in [-0.1, -0.05) is 0 Å². The summed E-state index contributed by atoms with van der Waals surface area (Å²) in [5.41, 5.74) is 3.85. The van der Waals surface area contributed by atoms with Gasteiger partial charge in [-0.05, 0) is 37.2 Å². The molecule has 0 bridgehead atoms. The lowest BCUT2D eigenvalue weighted by Gasteiger charge is -2.12. The first-order valence-electron chi connectivity index (χ1n) is 7.61. The van der Waals surface area contributed by atoms with Gasteiger partial charge in [-0.15, -0.1) is 12.4 Å². The van der Waals surface area contributed by atoms with Crippen LogP contribution in [0, 0.1) is 13.8 Å². The van der Waals surface area contributed by atoms with E-state index >= 15 is 0 Å². The third-order valence-corrected chi connectivity index (χ3v) is 6.30. The molecule has 1 unspecified atom stereocenters. The van der Waals surface area contributed by atoms with E-state index in [1.165, 1.54) is 0 Å². The fourth-order valence-electron chi connectivity index (χ4n) is 2.70. The van der Waals surface area contributed by atoms with Gasteiger partial charge in [0.1, 0.15) is 11.5 Å². The number of hydrogen-bond acceptors (Lipinski definition) is 6. The number of nitrogens with zero attached hydrogens (tertiary/aromatic N) is 2. The number of ether oxygens (including phenoxy) is 2. The molecule has 2 heterocycles. The number of methoxy groups -OCH3 is 2. The highest BCUT2D eigenvalue weighted by Gasteiger charge is 2.20. The third-order valence-electron chi connectivity index (χ3n) is 4.04. The number of aromatic amines is 1.